The van der Waals surface area contributed by atoms with Gasteiger partial charge in [-0.05, 0) is 30.5 Å². The number of hydrogen-bond acceptors (Lipinski definition) is 3. The first-order valence-corrected chi connectivity index (χ1v) is 7.37. The first-order valence-electron chi connectivity index (χ1n) is 6.38. The van der Waals surface area contributed by atoms with Crippen LogP contribution in [0.3, 0.4) is 0 Å². The Bertz CT molecular complexity index is 403. The fraction of sp³-hybridized carbons (Fsp3) is 0.500. The minimum atomic E-state index is 0.606. The Morgan fingerprint density at radius 1 is 1.39 bits per heavy atom. The second kappa shape index (κ2) is 6.69. The lowest BCUT2D eigenvalue weighted by atomic mass is 10.1. The zero-order chi connectivity index (χ0) is 12.8. The zero-order valence-electron chi connectivity index (χ0n) is 11.0. The minimum Gasteiger partial charge on any atom is -0.497 e. The molecule has 1 aromatic rings. The van der Waals surface area contributed by atoms with Crippen molar-refractivity contribution in [1.82, 2.24) is 5.32 Å². The maximum absolute atomic E-state index is 5.14. The number of methoxy groups -OCH3 is 1. The van der Waals surface area contributed by atoms with Crippen LogP contribution in [0.1, 0.15) is 18.9 Å². The Hall–Kier alpha value is -1.16. The van der Waals surface area contributed by atoms with Crippen LogP contribution in [0.15, 0.2) is 29.3 Å². The number of thioether (sulfide) groups is 1. The van der Waals surface area contributed by atoms with Gasteiger partial charge in [-0.3, -0.25) is 4.99 Å². The van der Waals surface area contributed by atoms with Gasteiger partial charge in [0.1, 0.15) is 5.75 Å². The summed E-state index contributed by atoms with van der Waals surface area (Å²) in [6.07, 6.45) is 2.15. The van der Waals surface area contributed by atoms with Crippen LogP contribution >= 0.6 is 11.8 Å². The molecule has 1 aliphatic heterocycles. The Morgan fingerprint density at radius 2 is 2.17 bits per heavy atom. The first-order chi connectivity index (χ1) is 8.81. The summed E-state index contributed by atoms with van der Waals surface area (Å²) in [5, 5.41) is 4.54. The SMILES string of the molecule is CCC1CSC(=NCCc2ccc(OC)cc2)N1. The van der Waals surface area contributed by atoms with Crippen molar-refractivity contribution >= 4 is 16.9 Å². The topological polar surface area (TPSA) is 33.6 Å². The smallest absolute Gasteiger partial charge is 0.156 e. The normalized spacial score (nSPS) is 21.0. The number of nitrogens with zero attached hydrogens (tertiary/aromatic N) is 1. The van der Waals surface area contributed by atoms with E-state index in [0.29, 0.717) is 6.04 Å². The molecule has 1 heterocycles. The molecule has 1 aromatic carbocycles. The van der Waals surface area contributed by atoms with Crippen LogP contribution in [0.25, 0.3) is 0 Å². The Kier molecular flexibility index (Phi) is 4.93. The average molecular weight is 264 g/mol. The van der Waals surface area contributed by atoms with Gasteiger partial charge in [-0.2, -0.15) is 0 Å². The summed E-state index contributed by atoms with van der Waals surface area (Å²) in [7, 11) is 1.69. The van der Waals surface area contributed by atoms with Crippen LogP contribution in [0, 0.1) is 0 Å². The monoisotopic (exact) mass is 264 g/mol. The van der Waals surface area contributed by atoms with Gasteiger partial charge >= 0.3 is 0 Å². The predicted octanol–water partition coefficient (Wildman–Crippen LogP) is 2.71. The van der Waals surface area contributed by atoms with Crippen LogP contribution in [0.5, 0.6) is 5.75 Å². The van der Waals surface area contributed by atoms with Crippen molar-refractivity contribution in [3.63, 3.8) is 0 Å². The van der Waals surface area contributed by atoms with Crippen LogP contribution in [0.4, 0.5) is 0 Å². The van der Waals surface area contributed by atoms with Gasteiger partial charge in [0, 0.05) is 18.3 Å². The molecule has 0 aromatic heterocycles. The van der Waals surface area contributed by atoms with E-state index in [0.717, 1.165) is 29.6 Å². The standard InChI is InChI=1S/C14H20N2OS/c1-3-12-10-18-14(16-12)15-9-8-11-4-6-13(17-2)7-5-11/h4-7,12H,3,8-10H2,1-2H3,(H,15,16). The first kappa shape index (κ1) is 13.3. The van der Waals surface area contributed by atoms with Crippen LogP contribution in [0.2, 0.25) is 0 Å². The molecule has 1 N–H and O–H groups in total. The molecule has 0 radical (unpaired) electrons. The van der Waals surface area contributed by atoms with Crippen molar-refractivity contribution < 1.29 is 4.74 Å². The summed E-state index contributed by atoms with van der Waals surface area (Å²) < 4.78 is 5.14. The number of benzene rings is 1. The highest BCUT2D eigenvalue weighted by Gasteiger charge is 2.17. The third-order valence-corrected chi connectivity index (χ3v) is 4.15. The molecule has 18 heavy (non-hydrogen) atoms. The maximum atomic E-state index is 5.14. The quantitative estimate of drug-likeness (QED) is 0.888. The van der Waals surface area contributed by atoms with E-state index < -0.39 is 0 Å². The molecule has 0 aliphatic carbocycles. The number of ether oxygens (including phenoxy) is 1. The predicted molar refractivity (Wildman–Crippen MR) is 78.7 cm³/mol. The van der Waals surface area contributed by atoms with E-state index in [1.165, 1.54) is 12.0 Å². The Labute approximate surface area is 113 Å². The number of aliphatic imine (C=N–C) groups is 1. The van der Waals surface area contributed by atoms with Crippen molar-refractivity contribution in [2.75, 3.05) is 19.4 Å². The van der Waals surface area contributed by atoms with Crippen LogP contribution < -0.4 is 10.1 Å². The lowest BCUT2D eigenvalue weighted by Gasteiger charge is -2.05. The Morgan fingerprint density at radius 3 is 2.78 bits per heavy atom. The summed E-state index contributed by atoms with van der Waals surface area (Å²) in [4.78, 5) is 4.60. The highest BCUT2D eigenvalue weighted by atomic mass is 32.2. The summed E-state index contributed by atoms with van der Waals surface area (Å²) >= 11 is 1.84. The number of rotatable bonds is 5. The molecule has 0 bridgehead atoms. The molecule has 1 atom stereocenters. The van der Waals surface area contributed by atoms with Gasteiger partial charge in [0.15, 0.2) is 5.17 Å². The molecule has 98 valence electrons. The van der Waals surface area contributed by atoms with E-state index in [-0.39, 0.29) is 0 Å². The van der Waals surface area contributed by atoms with Crippen molar-refractivity contribution in [1.29, 1.82) is 0 Å². The third kappa shape index (κ3) is 3.67. The lowest BCUT2D eigenvalue weighted by molar-refractivity contribution is 0.414. The highest BCUT2D eigenvalue weighted by molar-refractivity contribution is 8.14. The molecule has 1 unspecified atom stereocenters. The van der Waals surface area contributed by atoms with Gasteiger partial charge in [-0.25, -0.2) is 0 Å². The number of nitrogens with one attached hydrogen (secondary N) is 1. The van der Waals surface area contributed by atoms with E-state index in [9.17, 15) is 0 Å². The average Bonchev–Trinajstić information content (AvgIpc) is 2.87. The zero-order valence-corrected chi connectivity index (χ0v) is 11.8. The molecule has 1 aliphatic rings. The van der Waals surface area contributed by atoms with Gasteiger partial charge in [0.05, 0.1) is 7.11 Å². The number of amidine groups is 1. The molecular formula is C14H20N2OS. The third-order valence-electron chi connectivity index (χ3n) is 3.06. The highest BCUT2D eigenvalue weighted by Crippen LogP contribution is 2.16. The second-order valence-electron chi connectivity index (χ2n) is 4.35. The molecule has 0 amide bonds. The molecule has 0 spiro atoms. The summed E-state index contributed by atoms with van der Waals surface area (Å²) in [6.45, 7) is 3.05. The molecule has 2 rings (SSSR count). The van der Waals surface area contributed by atoms with Gasteiger partial charge in [0.2, 0.25) is 0 Å². The van der Waals surface area contributed by atoms with Gasteiger partial charge in [-0.1, -0.05) is 30.8 Å². The summed E-state index contributed by atoms with van der Waals surface area (Å²) in [6, 6.07) is 8.80. The lowest BCUT2D eigenvalue weighted by Crippen LogP contribution is -2.25. The van der Waals surface area contributed by atoms with Gasteiger partial charge in [0.25, 0.3) is 0 Å². The van der Waals surface area contributed by atoms with E-state index in [4.69, 9.17) is 4.74 Å². The summed E-state index contributed by atoms with van der Waals surface area (Å²) in [5.41, 5.74) is 1.30. The van der Waals surface area contributed by atoms with E-state index >= 15 is 0 Å². The summed E-state index contributed by atoms with van der Waals surface area (Å²) in [5.74, 6) is 2.06. The fourth-order valence-electron chi connectivity index (χ4n) is 1.83. The van der Waals surface area contributed by atoms with E-state index in [2.05, 4.69) is 29.4 Å². The fourth-order valence-corrected chi connectivity index (χ4v) is 2.94. The molecule has 1 saturated heterocycles. The molecule has 1 fully saturated rings. The van der Waals surface area contributed by atoms with Crippen molar-refractivity contribution in [2.45, 2.75) is 25.8 Å². The minimum absolute atomic E-state index is 0.606. The number of hydrogen-bond donors (Lipinski definition) is 1. The van der Waals surface area contributed by atoms with Gasteiger partial charge in [-0.15, -0.1) is 0 Å². The van der Waals surface area contributed by atoms with E-state index in [1.54, 1.807) is 7.11 Å². The van der Waals surface area contributed by atoms with Crippen LogP contribution in [-0.4, -0.2) is 30.6 Å². The molecule has 4 heteroatoms. The van der Waals surface area contributed by atoms with Crippen molar-refractivity contribution in [3.05, 3.63) is 29.8 Å². The van der Waals surface area contributed by atoms with Gasteiger partial charge < -0.3 is 10.1 Å². The second-order valence-corrected chi connectivity index (χ2v) is 5.35. The van der Waals surface area contributed by atoms with Crippen LogP contribution in [-0.2, 0) is 6.42 Å². The molecule has 3 nitrogen and oxygen atoms in total. The maximum Gasteiger partial charge on any atom is 0.156 e. The largest absolute Gasteiger partial charge is 0.497 e. The van der Waals surface area contributed by atoms with E-state index in [1.807, 2.05) is 23.9 Å². The molecular weight excluding hydrogens is 244 g/mol. The molecule has 0 saturated carbocycles. The Balaban J connectivity index is 1.79. The van der Waals surface area contributed by atoms with Crippen molar-refractivity contribution in [3.8, 4) is 5.75 Å². The van der Waals surface area contributed by atoms with Crippen molar-refractivity contribution in [2.24, 2.45) is 4.99 Å².